The molecule has 4 N–H and O–H groups in total. The van der Waals surface area contributed by atoms with Crippen LogP contribution < -0.4 is 10.5 Å². The standard InChI is InChI=1S/C10H18N4O2S2/c1-7-9(5-11)10(13-12-7)18(15,16)14-8-3-2-4-17-6-8/h8,14H,2-6,11H2,1H3,(H,12,13). The highest BCUT2D eigenvalue weighted by Crippen LogP contribution is 2.20. The number of nitrogens with zero attached hydrogens (tertiary/aromatic N) is 1. The molecule has 1 aromatic heterocycles. The molecule has 0 saturated carbocycles. The smallest absolute Gasteiger partial charge is 0.260 e. The topological polar surface area (TPSA) is 101 Å². The third-order valence-corrected chi connectivity index (χ3v) is 5.68. The number of hydrogen-bond donors (Lipinski definition) is 3. The van der Waals surface area contributed by atoms with E-state index in [4.69, 9.17) is 5.73 Å². The fourth-order valence-electron chi connectivity index (χ4n) is 2.00. The molecule has 102 valence electrons. The highest BCUT2D eigenvalue weighted by atomic mass is 32.2. The van der Waals surface area contributed by atoms with Crippen molar-refractivity contribution in [2.24, 2.45) is 5.73 Å². The van der Waals surface area contributed by atoms with Crippen LogP contribution in [0.15, 0.2) is 5.03 Å². The van der Waals surface area contributed by atoms with Crippen molar-refractivity contribution >= 4 is 21.8 Å². The number of H-pyrrole nitrogens is 1. The molecule has 1 fully saturated rings. The number of aromatic nitrogens is 2. The zero-order chi connectivity index (χ0) is 13.2. The van der Waals surface area contributed by atoms with E-state index in [1.165, 1.54) is 0 Å². The second kappa shape index (κ2) is 5.60. The lowest BCUT2D eigenvalue weighted by Crippen LogP contribution is -2.38. The molecule has 0 bridgehead atoms. The summed E-state index contributed by atoms with van der Waals surface area (Å²) in [6.45, 7) is 1.93. The number of aryl methyl sites for hydroxylation is 1. The molecule has 1 aromatic rings. The van der Waals surface area contributed by atoms with E-state index >= 15 is 0 Å². The molecule has 0 spiro atoms. The summed E-state index contributed by atoms with van der Waals surface area (Å²) in [5.41, 5.74) is 6.84. The first-order chi connectivity index (χ1) is 8.54. The lowest BCUT2D eigenvalue weighted by molar-refractivity contribution is 0.539. The van der Waals surface area contributed by atoms with E-state index in [2.05, 4.69) is 14.9 Å². The summed E-state index contributed by atoms with van der Waals surface area (Å²) in [4.78, 5) is 0. The van der Waals surface area contributed by atoms with Crippen molar-refractivity contribution in [2.75, 3.05) is 11.5 Å². The second-order valence-electron chi connectivity index (χ2n) is 4.37. The minimum atomic E-state index is -3.57. The summed E-state index contributed by atoms with van der Waals surface area (Å²) >= 11 is 1.77. The average Bonchev–Trinajstić information content (AvgIpc) is 2.72. The van der Waals surface area contributed by atoms with Crippen LogP contribution >= 0.6 is 11.8 Å². The monoisotopic (exact) mass is 290 g/mol. The summed E-state index contributed by atoms with van der Waals surface area (Å²) < 4.78 is 27.2. The van der Waals surface area contributed by atoms with Gasteiger partial charge in [-0.05, 0) is 25.5 Å². The van der Waals surface area contributed by atoms with Gasteiger partial charge < -0.3 is 5.73 Å². The Balaban J connectivity index is 2.19. The fraction of sp³-hybridized carbons (Fsp3) is 0.700. The zero-order valence-electron chi connectivity index (χ0n) is 10.3. The van der Waals surface area contributed by atoms with Gasteiger partial charge in [0, 0.05) is 29.6 Å². The van der Waals surface area contributed by atoms with E-state index in [1.54, 1.807) is 18.7 Å². The van der Waals surface area contributed by atoms with E-state index in [0.717, 1.165) is 24.3 Å². The molecule has 1 atom stereocenters. The molecule has 6 nitrogen and oxygen atoms in total. The molecule has 2 heterocycles. The maximum absolute atomic E-state index is 12.2. The zero-order valence-corrected chi connectivity index (χ0v) is 11.9. The van der Waals surface area contributed by atoms with Gasteiger partial charge in [0.1, 0.15) is 0 Å². The normalized spacial score (nSPS) is 21.1. The van der Waals surface area contributed by atoms with Crippen molar-refractivity contribution in [3.63, 3.8) is 0 Å². The van der Waals surface area contributed by atoms with Crippen molar-refractivity contribution in [1.29, 1.82) is 0 Å². The van der Waals surface area contributed by atoms with Crippen molar-refractivity contribution in [1.82, 2.24) is 14.9 Å². The van der Waals surface area contributed by atoms with Crippen molar-refractivity contribution in [2.45, 2.75) is 37.4 Å². The third-order valence-electron chi connectivity index (χ3n) is 2.98. The Morgan fingerprint density at radius 1 is 1.61 bits per heavy atom. The molecule has 1 unspecified atom stereocenters. The van der Waals surface area contributed by atoms with Crippen LogP contribution in [0.25, 0.3) is 0 Å². The predicted octanol–water partition coefficient (Wildman–Crippen LogP) is 0.351. The van der Waals surface area contributed by atoms with E-state index in [0.29, 0.717) is 11.3 Å². The maximum Gasteiger partial charge on any atom is 0.260 e. The van der Waals surface area contributed by atoms with Crippen molar-refractivity contribution in [3.8, 4) is 0 Å². The molecule has 8 heteroatoms. The predicted molar refractivity (Wildman–Crippen MR) is 71.9 cm³/mol. The highest BCUT2D eigenvalue weighted by molar-refractivity contribution is 7.99. The van der Waals surface area contributed by atoms with Gasteiger partial charge >= 0.3 is 0 Å². The number of nitrogens with two attached hydrogens (primary N) is 1. The van der Waals surface area contributed by atoms with E-state index < -0.39 is 10.0 Å². The molecule has 1 aliphatic heterocycles. The van der Waals surface area contributed by atoms with Crippen molar-refractivity contribution < 1.29 is 8.42 Å². The first-order valence-corrected chi connectivity index (χ1v) is 8.52. The summed E-state index contributed by atoms with van der Waals surface area (Å²) in [7, 11) is -3.57. The van der Waals surface area contributed by atoms with Crippen LogP contribution in [-0.4, -0.2) is 36.2 Å². The minimum absolute atomic E-state index is 0.00335. The Labute approximate surface area is 111 Å². The molecule has 0 aliphatic carbocycles. The average molecular weight is 290 g/mol. The molecule has 0 amide bonds. The number of thioether (sulfide) groups is 1. The number of hydrogen-bond acceptors (Lipinski definition) is 5. The first kappa shape index (κ1) is 13.9. The Kier molecular flexibility index (Phi) is 4.31. The second-order valence-corrected chi connectivity index (χ2v) is 7.15. The fourth-order valence-corrected chi connectivity index (χ4v) is 4.66. The van der Waals surface area contributed by atoms with Crippen LogP contribution in [-0.2, 0) is 16.6 Å². The Morgan fingerprint density at radius 2 is 2.39 bits per heavy atom. The molecule has 1 saturated heterocycles. The van der Waals surface area contributed by atoms with Gasteiger partial charge in [-0.3, -0.25) is 5.10 Å². The van der Waals surface area contributed by atoms with Gasteiger partial charge in [-0.25, -0.2) is 13.1 Å². The van der Waals surface area contributed by atoms with Gasteiger partial charge in [-0.15, -0.1) is 0 Å². The van der Waals surface area contributed by atoms with Crippen LogP contribution in [0.1, 0.15) is 24.1 Å². The lowest BCUT2D eigenvalue weighted by atomic mass is 10.2. The largest absolute Gasteiger partial charge is 0.326 e. The summed E-state index contributed by atoms with van der Waals surface area (Å²) in [5.74, 6) is 1.92. The third kappa shape index (κ3) is 2.87. The van der Waals surface area contributed by atoms with Crippen LogP contribution in [0.3, 0.4) is 0 Å². The molecular formula is C10H18N4O2S2. The number of aromatic amines is 1. The summed E-state index contributed by atoms with van der Waals surface area (Å²) in [6.07, 6.45) is 1.93. The van der Waals surface area contributed by atoms with Crippen LogP contribution in [0, 0.1) is 6.92 Å². The van der Waals surface area contributed by atoms with Crippen LogP contribution in [0.4, 0.5) is 0 Å². The molecule has 0 radical (unpaired) electrons. The summed E-state index contributed by atoms with van der Waals surface area (Å²) in [6, 6.07) is -0.00335. The SMILES string of the molecule is Cc1[nH]nc(S(=O)(=O)NC2CCCSC2)c1CN. The van der Waals surface area contributed by atoms with Crippen LogP contribution in [0.5, 0.6) is 0 Å². The number of rotatable bonds is 4. The maximum atomic E-state index is 12.2. The molecule has 0 aromatic carbocycles. The number of nitrogens with one attached hydrogen (secondary N) is 2. The first-order valence-electron chi connectivity index (χ1n) is 5.88. The molecule has 2 rings (SSSR count). The Morgan fingerprint density at radius 3 is 3.00 bits per heavy atom. The molecular weight excluding hydrogens is 272 g/mol. The van der Waals surface area contributed by atoms with E-state index in [9.17, 15) is 8.42 Å². The van der Waals surface area contributed by atoms with Gasteiger partial charge in [0.25, 0.3) is 10.0 Å². The quantitative estimate of drug-likeness (QED) is 0.743. The van der Waals surface area contributed by atoms with E-state index in [1.807, 2.05) is 0 Å². The van der Waals surface area contributed by atoms with Gasteiger partial charge in [0.15, 0.2) is 5.03 Å². The summed E-state index contributed by atoms with van der Waals surface area (Å²) in [5, 5.41) is 6.58. The Hall–Kier alpha value is -0.570. The number of sulfonamides is 1. The highest BCUT2D eigenvalue weighted by Gasteiger charge is 2.27. The van der Waals surface area contributed by atoms with Crippen molar-refractivity contribution in [3.05, 3.63) is 11.3 Å². The van der Waals surface area contributed by atoms with Crippen LogP contribution in [0.2, 0.25) is 0 Å². The minimum Gasteiger partial charge on any atom is -0.326 e. The van der Waals surface area contributed by atoms with Gasteiger partial charge in [-0.1, -0.05) is 0 Å². The van der Waals surface area contributed by atoms with E-state index in [-0.39, 0.29) is 17.6 Å². The van der Waals surface area contributed by atoms with Gasteiger partial charge in [0.2, 0.25) is 0 Å². The molecule has 18 heavy (non-hydrogen) atoms. The van der Waals surface area contributed by atoms with Gasteiger partial charge in [-0.2, -0.15) is 16.9 Å². The Bertz CT molecular complexity index is 506. The van der Waals surface area contributed by atoms with Gasteiger partial charge in [0.05, 0.1) is 0 Å². The molecule has 1 aliphatic rings. The lowest BCUT2D eigenvalue weighted by Gasteiger charge is -2.21.